The third-order valence-electron chi connectivity index (χ3n) is 4.80. The van der Waals surface area contributed by atoms with E-state index >= 15 is 0 Å². The van der Waals surface area contributed by atoms with Gasteiger partial charge in [-0.1, -0.05) is 31.6 Å². The summed E-state index contributed by atoms with van der Waals surface area (Å²) < 4.78 is 2.01. The molecule has 4 nitrogen and oxygen atoms in total. The minimum absolute atomic E-state index is 0.0739. The fourth-order valence-corrected chi connectivity index (χ4v) is 3.38. The molecule has 122 valence electrons. The molecular formula is C19H25N3O. The highest BCUT2D eigenvalue weighted by atomic mass is 16.2. The second-order valence-corrected chi connectivity index (χ2v) is 7.31. The van der Waals surface area contributed by atoms with E-state index in [1.165, 1.54) is 5.57 Å². The van der Waals surface area contributed by atoms with Crippen molar-refractivity contribution in [2.45, 2.75) is 34.1 Å². The molecule has 3 rings (SSSR count). The Bertz CT molecular complexity index is 720. The smallest absolute Gasteiger partial charge is 0.224 e. The van der Waals surface area contributed by atoms with Crippen molar-refractivity contribution in [3.05, 3.63) is 47.9 Å². The van der Waals surface area contributed by atoms with Crippen molar-refractivity contribution in [3.63, 3.8) is 0 Å². The van der Waals surface area contributed by atoms with Gasteiger partial charge in [-0.25, -0.2) is 4.98 Å². The Morgan fingerprint density at radius 3 is 2.87 bits per heavy atom. The molecule has 2 atom stereocenters. The summed E-state index contributed by atoms with van der Waals surface area (Å²) in [4.78, 5) is 17.0. The van der Waals surface area contributed by atoms with E-state index in [0.29, 0.717) is 12.5 Å². The van der Waals surface area contributed by atoms with Crippen molar-refractivity contribution in [1.82, 2.24) is 14.7 Å². The van der Waals surface area contributed by atoms with Crippen LogP contribution in [0.4, 0.5) is 0 Å². The van der Waals surface area contributed by atoms with E-state index in [1.807, 2.05) is 35.0 Å². The van der Waals surface area contributed by atoms with Gasteiger partial charge in [0.1, 0.15) is 5.65 Å². The van der Waals surface area contributed by atoms with Gasteiger partial charge in [0.15, 0.2) is 0 Å². The number of allylic oxidation sites excluding steroid dienone is 2. The summed E-state index contributed by atoms with van der Waals surface area (Å²) >= 11 is 0. The number of hydrogen-bond acceptors (Lipinski definition) is 2. The molecule has 1 aliphatic carbocycles. The van der Waals surface area contributed by atoms with Crippen LogP contribution in [0.2, 0.25) is 0 Å². The van der Waals surface area contributed by atoms with E-state index in [9.17, 15) is 4.79 Å². The van der Waals surface area contributed by atoms with Crippen molar-refractivity contribution in [2.75, 3.05) is 6.54 Å². The summed E-state index contributed by atoms with van der Waals surface area (Å²) in [6.45, 7) is 9.16. The van der Waals surface area contributed by atoms with Crippen LogP contribution in [-0.2, 0) is 11.2 Å². The van der Waals surface area contributed by atoms with Gasteiger partial charge < -0.3 is 9.72 Å². The molecule has 2 aromatic heterocycles. The zero-order chi connectivity index (χ0) is 16.6. The van der Waals surface area contributed by atoms with Crippen LogP contribution in [-0.4, -0.2) is 21.8 Å². The van der Waals surface area contributed by atoms with Crippen LogP contribution in [0.25, 0.3) is 5.65 Å². The average Bonchev–Trinajstić information content (AvgIpc) is 2.82. The zero-order valence-corrected chi connectivity index (χ0v) is 14.3. The van der Waals surface area contributed by atoms with Crippen LogP contribution in [0.1, 0.15) is 33.4 Å². The summed E-state index contributed by atoms with van der Waals surface area (Å²) in [6.07, 6.45) is 7.00. The number of hydrogen-bond donors (Lipinski definition) is 1. The fraction of sp³-hybridized carbons (Fsp3) is 0.474. The van der Waals surface area contributed by atoms with Gasteiger partial charge >= 0.3 is 0 Å². The lowest BCUT2D eigenvalue weighted by molar-refractivity contribution is -0.123. The molecule has 1 saturated carbocycles. The zero-order valence-electron chi connectivity index (χ0n) is 14.3. The third kappa shape index (κ3) is 3.16. The molecule has 1 amide bonds. The number of nitrogens with zero attached hydrogens (tertiary/aromatic N) is 2. The molecule has 0 saturated heterocycles. The summed E-state index contributed by atoms with van der Waals surface area (Å²) in [7, 11) is 0. The molecule has 0 aromatic carbocycles. The molecule has 0 aliphatic heterocycles. The van der Waals surface area contributed by atoms with Gasteiger partial charge in [0.25, 0.3) is 0 Å². The largest absolute Gasteiger partial charge is 0.355 e. The first-order valence-corrected chi connectivity index (χ1v) is 8.25. The van der Waals surface area contributed by atoms with Crippen LogP contribution in [0, 0.1) is 17.3 Å². The van der Waals surface area contributed by atoms with E-state index < -0.39 is 0 Å². The van der Waals surface area contributed by atoms with Gasteiger partial charge in [0, 0.05) is 25.4 Å². The Labute approximate surface area is 137 Å². The molecule has 0 bridgehead atoms. The van der Waals surface area contributed by atoms with Gasteiger partial charge in [0.05, 0.1) is 11.6 Å². The molecule has 1 aliphatic rings. The quantitative estimate of drug-likeness (QED) is 0.862. The normalized spacial score (nSPS) is 21.9. The van der Waals surface area contributed by atoms with E-state index in [-0.39, 0.29) is 17.2 Å². The number of carbonyl (C=O) groups is 1. The Hall–Kier alpha value is -2.10. The Balaban J connectivity index is 1.55. The monoisotopic (exact) mass is 311 g/mol. The van der Waals surface area contributed by atoms with Gasteiger partial charge in [-0.15, -0.1) is 0 Å². The van der Waals surface area contributed by atoms with Crippen molar-refractivity contribution in [1.29, 1.82) is 0 Å². The molecule has 4 heteroatoms. The second-order valence-electron chi connectivity index (χ2n) is 7.31. The SMILES string of the molecule is CC(C)=CC1C(C(=O)NCCc2cn3ccccc3n2)C1(C)C. The molecule has 1 N–H and O–H groups in total. The summed E-state index contributed by atoms with van der Waals surface area (Å²) in [6, 6.07) is 5.95. The van der Waals surface area contributed by atoms with Crippen LogP contribution < -0.4 is 5.32 Å². The lowest BCUT2D eigenvalue weighted by Crippen LogP contribution is -2.28. The maximum Gasteiger partial charge on any atom is 0.224 e. The predicted octanol–water partition coefficient (Wildman–Crippen LogP) is 3.23. The second kappa shape index (κ2) is 5.84. The first-order chi connectivity index (χ1) is 10.9. The minimum Gasteiger partial charge on any atom is -0.355 e. The van der Waals surface area contributed by atoms with Crippen molar-refractivity contribution in [2.24, 2.45) is 17.3 Å². The van der Waals surface area contributed by atoms with E-state index in [2.05, 4.69) is 44.1 Å². The molecule has 0 radical (unpaired) electrons. The van der Waals surface area contributed by atoms with E-state index in [1.54, 1.807) is 0 Å². The number of pyridine rings is 1. The van der Waals surface area contributed by atoms with Gasteiger partial charge in [-0.2, -0.15) is 0 Å². The number of fused-ring (bicyclic) bond motifs is 1. The number of aromatic nitrogens is 2. The molecule has 23 heavy (non-hydrogen) atoms. The fourth-order valence-electron chi connectivity index (χ4n) is 3.38. The number of rotatable bonds is 5. The van der Waals surface area contributed by atoms with Crippen molar-refractivity contribution >= 4 is 11.6 Å². The van der Waals surface area contributed by atoms with Gasteiger partial charge in [-0.3, -0.25) is 4.79 Å². The van der Waals surface area contributed by atoms with Crippen LogP contribution >= 0.6 is 0 Å². The molecule has 2 unspecified atom stereocenters. The molecule has 2 heterocycles. The van der Waals surface area contributed by atoms with Gasteiger partial charge in [0.2, 0.25) is 5.91 Å². The highest BCUT2D eigenvalue weighted by Gasteiger charge is 2.60. The van der Waals surface area contributed by atoms with Crippen molar-refractivity contribution in [3.8, 4) is 0 Å². The lowest BCUT2D eigenvalue weighted by atomic mass is 10.1. The van der Waals surface area contributed by atoms with E-state index in [4.69, 9.17) is 0 Å². The maximum atomic E-state index is 12.4. The summed E-state index contributed by atoms with van der Waals surface area (Å²) in [5, 5.41) is 3.08. The van der Waals surface area contributed by atoms with Crippen LogP contribution in [0.5, 0.6) is 0 Å². The first-order valence-electron chi connectivity index (χ1n) is 8.25. The Kier molecular flexibility index (Phi) is 4.00. The molecule has 1 fully saturated rings. The molecular weight excluding hydrogens is 286 g/mol. The highest BCUT2D eigenvalue weighted by Crippen LogP contribution is 2.59. The average molecular weight is 311 g/mol. The number of nitrogens with one attached hydrogen (secondary N) is 1. The van der Waals surface area contributed by atoms with Crippen molar-refractivity contribution < 1.29 is 4.79 Å². The summed E-state index contributed by atoms with van der Waals surface area (Å²) in [5.41, 5.74) is 3.31. The summed E-state index contributed by atoms with van der Waals surface area (Å²) in [5.74, 6) is 0.627. The molecule has 2 aromatic rings. The van der Waals surface area contributed by atoms with Crippen LogP contribution in [0.3, 0.4) is 0 Å². The predicted molar refractivity (Wildman–Crippen MR) is 92.1 cm³/mol. The standard InChI is InChI=1S/C19H25N3O/c1-13(2)11-15-17(19(15,3)4)18(23)20-9-8-14-12-22-10-6-5-7-16(22)21-14/h5-7,10-12,15,17H,8-9H2,1-4H3,(H,20,23). The number of amides is 1. The van der Waals surface area contributed by atoms with Crippen LogP contribution in [0.15, 0.2) is 42.2 Å². The Morgan fingerprint density at radius 1 is 1.39 bits per heavy atom. The number of imidazole rings is 1. The minimum atomic E-state index is 0.0739. The van der Waals surface area contributed by atoms with Gasteiger partial charge in [-0.05, 0) is 37.3 Å². The maximum absolute atomic E-state index is 12.4. The topological polar surface area (TPSA) is 46.4 Å². The molecule has 0 spiro atoms. The lowest BCUT2D eigenvalue weighted by Gasteiger charge is -2.04. The first kappa shape index (κ1) is 15.8. The third-order valence-corrected chi connectivity index (χ3v) is 4.80. The number of carbonyl (C=O) groups excluding carboxylic acids is 1. The highest BCUT2D eigenvalue weighted by molar-refractivity contribution is 5.83. The Morgan fingerprint density at radius 2 is 2.17 bits per heavy atom. The van der Waals surface area contributed by atoms with E-state index in [0.717, 1.165) is 17.8 Å².